The maximum atomic E-state index is 5.12. The number of hydrogen-bond acceptors (Lipinski definition) is 3. The van der Waals surface area contributed by atoms with Crippen molar-refractivity contribution < 1.29 is 4.74 Å². The molecular formula is C11H26N2O. The van der Waals surface area contributed by atoms with Gasteiger partial charge in [-0.1, -0.05) is 13.8 Å². The van der Waals surface area contributed by atoms with Gasteiger partial charge in [-0.3, -0.25) is 4.90 Å². The van der Waals surface area contributed by atoms with Gasteiger partial charge in [0.15, 0.2) is 0 Å². The summed E-state index contributed by atoms with van der Waals surface area (Å²) in [6.45, 7) is 10.8. The Hall–Kier alpha value is -0.120. The highest BCUT2D eigenvalue weighted by atomic mass is 16.5. The minimum atomic E-state index is 0.581. The summed E-state index contributed by atoms with van der Waals surface area (Å²) in [5.74, 6) is 0.714. The number of ether oxygens (including phenoxy) is 1. The van der Waals surface area contributed by atoms with Crippen LogP contribution in [0.5, 0.6) is 0 Å². The normalized spacial score (nSPS) is 13.9. The molecule has 0 saturated heterocycles. The summed E-state index contributed by atoms with van der Waals surface area (Å²) in [4.78, 5) is 2.48. The highest BCUT2D eigenvalue weighted by Crippen LogP contribution is 2.03. The van der Waals surface area contributed by atoms with Crippen molar-refractivity contribution >= 4 is 0 Å². The van der Waals surface area contributed by atoms with E-state index in [1.807, 2.05) is 7.05 Å². The van der Waals surface area contributed by atoms with Gasteiger partial charge in [-0.2, -0.15) is 0 Å². The zero-order chi connectivity index (χ0) is 11.0. The summed E-state index contributed by atoms with van der Waals surface area (Å²) in [5.41, 5.74) is 0. The van der Waals surface area contributed by atoms with E-state index in [9.17, 15) is 0 Å². The van der Waals surface area contributed by atoms with E-state index in [1.54, 1.807) is 7.11 Å². The maximum absolute atomic E-state index is 5.12. The summed E-state index contributed by atoms with van der Waals surface area (Å²) in [6.07, 6.45) is 0. The molecule has 0 saturated carbocycles. The van der Waals surface area contributed by atoms with Crippen molar-refractivity contribution in [2.45, 2.75) is 26.8 Å². The zero-order valence-electron chi connectivity index (χ0n) is 10.3. The first kappa shape index (κ1) is 13.9. The predicted molar refractivity (Wildman–Crippen MR) is 61.7 cm³/mol. The van der Waals surface area contributed by atoms with Crippen molar-refractivity contribution in [1.29, 1.82) is 0 Å². The lowest BCUT2D eigenvalue weighted by molar-refractivity contribution is 0.115. The average molecular weight is 202 g/mol. The molecule has 0 bridgehead atoms. The van der Waals surface area contributed by atoms with E-state index in [0.717, 1.165) is 26.2 Å². The Bertz CT molecular complexity index is 128. The van der Waals surface area contributed by atoms with Gasteiger partial charge >= 0.3 is 0 Å². The molecule has 0 spiro atoms. The van der Waals surface area contributed by atoms with Crippen LogP contribution in [0.2, 0.25) is 0 Å². The fraction of sp³-hybridized carbons (Fsp3) is 1.00. The number of nitrogens with one attached hydrogen (secondary N) is 1. The average Bonchev–Trinajstić information content (AvgIpc) is 2.12. The molecule has 0 amide bonds. The van der Waals surface area contributed by atoms with Crippen LogP contribution in [0.3, 0.4) is 0 Å². The molecule has 0 aliphatic heterocycles. The molecule has 3 nitrogen and oxygen atoms in total. The minimum absolute atomic E-state index is 0.581. The molecule has 0 aromatic heterocycles. The molecule has 3 heteroatoms. The van der Waals surface area contributed by atoms with Crippen molar-refractivity contribution in [2.24, 2.45) is 5.92 Å². The van der Waals surface area contributed by atoms with Crippen molar-refractivity contribution in [3.8, 4) is 0 Å². The lowest BCUT2D eigenvalue weighted by atomic mass is 10.1. The lowest BCUT2D eigenvalue weighted by Crippen LogP contribution is -2.43. The zero-order valence-corrected chi connectivity index (χ0v) is 10.3. The van der Waals surface area contributed by atoms with E-state index in [-0.39, 0.29) is 0 Å². The molecular weight excluding hydrogens is 176 g/mol. The summed E-state index contributed by atoms with van der Waals surface area (Å²) >= 11 is 0. The van der Waals surface area contributed by atoms with Crippen LogP contribution >= 0.6 is 0 Å². The van der Waals surface area contributed by atoms with Gasteiger partial charge in [-0.25, -0.2) is 0 Å². The van der Waals surface area contributed by atoms with Crippen LogP contribution in [-0.4, -0.2) is 51.3 Å². The first-order valence-electron chi connectivity index (χ1n) is 5.49. The van der Waals surface area contributed by atoms with Gasteiger partial charge in [-0.15, -0.1) is 0 Å². The second-order valence-corrected chi connectivity index (χ2v) is 4.29. The quantitative estimate of drug-likeness (QED) is 0.640. The van der Waals surface area contributed by atoms with Crippen LogP contribution in [0.4, 0.5) is 0 Å². The van der Waals surface area contributed by atoms with E-state index in [1.165, 1.54) is 0 Å². The van der Waals surface area contributed by atoms with E-state index >= 15 is 0 Å². The monoisotopic (exact) mass is 202 g/mol. The second-order valence-electron chi connectivity index (χ2n) is 4.29. The molecule has 0 rings (SSSR count). The molecule has 0 aromatic rings. The van der Waals surface area contributed by atoms with E-state index in [4.69, 9.17) is 4.74 Å². The standard InChI is InChI=1S/C11H26N2O/c1-10(2)9-13(6-7-14-5)11(3)8-12-4/h10-12H,6-9H2,1-5H3. The van der Waals surface area contributed by atoms with Gasteiger partial charge in [0.25, 0.3) is 0 Å². The largest absolute Gasteiger partial charge is 0.383 e. The lowest BCUT2D eigenvalue weighted by Gasteiger charge is -2.30. The molecule has 1 unspecified atom stereocenters. The Balaban J connectivity index is 3.94. The highest BCUT2D eigenvalue weighted by Gasteiger charge is 2.13. The van der Waals surface area contributed by atoms with Gasteiger partial charge < -0.3 is 10.1 Å². The number of rotatable bonds is 8. The van der Waals surface area contributed by atoms with Crippen LogP contribution in [0.1, 0.15) is 20.8 Å². The van der Waals surface area contributed by atoms with E-state index in [0.29, 0.717) is 12.0 Å². The van der Waals surface area contributed by atoms with Crippen molar-refractivity contribution in [2.75, 3.05) is 40.4 Å². The molecule has 1 atom stereocenters. The molecule has 14 heavy (non-hydrogen) atoms. The Morgan fingerprint density at radius 2 is 1.93 bits per heavy atom. The van der Waals surface area contributed by atoms with Crippen molar-refractivity contribution in [3.63, 3.8) is 0 Å². The number of methoxy groups -OCH3 is 1. The molecule has 0 aliphatic carbocycles. The molecule has 0 aromatic carbocycles. The number of hydrogen-bond donors (Lipinski definition) is 1. The van der Waals surface area contributed by atoms with Crippen LogP contribution in [0.25, 0.3) is 0 Å². The van der Waals surface area contributed by atoms with Crippen molar-refractivity contribution in [1.82, 2.24) is 10.2 Å². The first-order chi connectivity index (χ1) is 6.61. The fourth-order valence-electron chi connectivity index (χ4n) is 1.59. The molecule has 1 N–H and O–H groups in total. The summed E-state index contributed by atoms with van der Waals surface area (Å²) in [7, 11) is 3.76. The fourth-order valence-corrected chi connectivity index (χ4v) is 1.59. The highest BCUT2D eigenvalue weighted by molar-refractivity contribution is 4.70. The SMILES string of the molecule is CNCC(C)N(CCOC)CC(C)C. The summed E-state index contributed by atoms with van der Waals surface area (Å²) in [6, 6.07) is 0.581. The van der Waals surface area contributed by atoms with Gasteiger partial charge in [-0.05, 0) is 19.9 Å². The van der Waals surface area contributed by atoms with Crippen LogP contribution in [0, 0.1) is 5.92 Å². The maximum Gasteiger partial charge on any atom is 0.0589 e. The summed E-state index contributed by atoms with van der Waals surface area (Å²) in [5, 5.41) is 3.22. The molecule has 0 radical (unpaired) electrons. The van der Waals surface area contributed by atoms with Crippen molar-refractivity contribution in [3.05, 3.63) is 0 Å². The number of nitrogens with zero attached hydrogens (tertiary/aromatic N) is 1. The van der Waals surface area contributed by atoms with Gasteiger partial charge in [0.2, 0.25) is 0 Å². The van der Waals surface area contributed by atoms with Gasteiger partial charge in [0, 0.05) is 32.8 Å². The molecule has 86 valence electrons. The Kier molecular flexibility index (Phi) is 8.14. The Morgan fingerprint density at radius 3 is 2.36 bits per heavy atom. The molecule has 0 fully saturated rings. The Labute approximate surface area is 88.8 Å². The molecule has 0 heterocycles. The van der Waals surface area contributed by atoms with E-state index in [2.05, 4.69) is 31.0 Å². The third-order valence-corrected chi connectivity index (χ3v) is 2.31. The number of likely N-dealkylation sites (N-methyl/N-ethyl adjacent to an activating group) is 1. The summed E-state index contributed by atoms with van der Waals surface area (Å²) < 4.78 is 5.12. The van der Waals surface area contributed by atoms with Gasteiger partial charge in [0.1, 0.15) is 0 Å². The van der Waals surface area contributed by atoms with Crippen LogP contribution in [-0.2, 0) is 4.74 Å². The van der Waals surface area contributed by atoms with Crippen LogP contribution < -0.4 is 5.32 Å². The van der Waals surface area contributed by atoms with Crippen LogP contribution in [0.15, 0.2) is 0 Å². The Morgan fingerprint density at radius 1 is 1.29 bits per heavy atom. The predicted octanol–water partition coefficient (Wildman–Crippen LogP) is 1.20. The third kappa shape index (κ3) is 6.35. The third-order valence-electron chi connectivity index (χ3n) is 2.31. The van der Waals surface area contributed by atoms with Gasteiger partial charge in [0.05, 0.1) is 6.61 Å². The molecule has 0 aliphatic rings. The smallest absolute Gasteiger partial charge is 0.0589 e. The topological polar surface area (TPSA) is 24.5 Å². The second kappa shape index (κ2) is 8.21. The first-order valence-corrected chi connectivity index (χ1v) is 5.49. The minimum Gasteiger partial charge on any atom is -0.383 e. The van der Waals surface area contributed by atoms with E-state index < -0.39 is 0 Å².